The van der Waals surface area contributed by atoms with Gasteiger partial charge in [0.15, 0.2) is 0 Å². The Kier molecular flexibility index (Phi) is 4.43. The summed E-state index contributed by atoms with van der Waals surface area (Å²) in [6.45, 7) is 8.20. The minimum Gasteiger partial charge on any atom is -0.319 e. The zero-order chi connectivity index (χ0) is 14.9. The molecule has 0 spiro atoms. The van der Waals surface area contributed by atoms with Crippen LogP contribution in [0.3, 0.4) is 0 Å². The summed E-state index contributed by atoms with van der Waals surface area (Å²) in [7, 11) is 0. The normalized spacial score (nSPS) is 24.5. The molecule has 1 aliphatic heterocycles. The molecule has 0 aliphatic carbocycles. The molecule has 20 heavy (non-hydrogen) atoms. The molecule has 3 unspecified atom stereocenters. The van der Waals surface area contributed by atoms with E-state index >= 15 is 0 Å². The van der Waals surface area contributed by atoms with E-state index in [1.165, 1.54) is 12.1 Å². The van der Waals surface area contributed by atoms with Gasteiger partial charge in [-0.3, -0.25) is 10.1 Å². The second kappa shape index (κ2) is 5.92. The molecule has 110 valence electrons. The lowest BCUT2D eigenvalue weighted by Crippen LogP contribution is -2.39. The van der Waals surface area contributed by atoms with Crippen molar-refractivity contribution in [1.29, 1.82) is 0 Å². The van der Waals surface area contributed by atoms with E-state index in [9.17, 15) is 9.18 Å². The number of nitrogens with one attached hydrogen (secondary N) is 1. The number of halogens is 1. The number of benzene rings is 1. The van der Waals surface area contributed by atoms with Crippen molar-refractivity contribution in [2.24, 2.45) is 5.92 Å². The third-order valence-electron chi connectivity index (χ3n) is 4.05. The predicted molar refractivity (Wildman–Crippen MR) is 77.5 cm³/mol. The molecular formula is C16H23FN2O. The lowest BCUT2D eigenvalue weighted by atomic mass is 10.0. The molecule has 1 N–H and O–H groups in total. The standard InChI is InChI=1S/C16H23FN2O/c1-5-11(4)19-15(12-6-8-13(17)9-7-12)18-14(10(2)3)16(19)20/h6-11,14-15,18H,5H2,1-4H3. The summed E-state index contributed by atoms with van der Waals surface area (Å²) in [6, 6.07) is 6.38. The number of nitrogens with zero attached hydrogens (tertiary/aromatic N) is 1. The van der Waals surface area contributed by atoms with Crippen LogP contribution < -0.4 is 5.32 Å². The fourth-order valence-corrected chi connectivity index (χ4v) is 2.66. The van der Waals surface area contributed by atoms with Gasteiger partial charge >= 0.3 is 0 Å². The largest absolute Gasteiger partial charge is 0.319 e. The van der Waals surface area contributed by atoms with Gasteiger partial charge in [-0.1, -0.05) is 32.9 Å². The van der Waals surface area contributed by atoms with Crippen LogP contribution in [0.1, 0.15) is 45.8 Å². The van der Waals surface area contributed by atoms with E-state index in [0.717, 1.165) is 12.0 Å². The zero-order valence-corrected chi connectivity index (χ0v) is 12.6. The van der Waals surface area contributed by atoms with Crippen molar-refractivity contribution in [3.63, 3.8) is 0 Å². The molecule has 3 nitrogen and oxygen atoms in total. The van der Waals surface area contributed by atoms with Crippen molar-refractivity contribution in [2.75, 3.05) is 0 Å². The topological polar surface area (TPSA) is 32.3 Å². The number of rotatable bonds is 4. The third-order valence-corrected chi connectivity index (χ3v) is 4.05. The predicted octanol–water partition coefficient (Wildman–Crippen LogP) is 3.08. The average Bonchev–Trinajstić information content (AvgIpc) is 2.76. The van der Waals surface area contributed by atoms with Crippen molar-refractivity contribution < 1.29 is 9.18 Å². The van der Waals surface area contributed by atoms with Gasteiger partial charge in [0.1, 0.15) is 12.0 Å². The highest BCUT2D eigenvalue weighted by molar-refractivity contribution is 5.85. The molecule has 2 rings (SSSR count). The van der Waals surface area contributed by atoms with Gasteiger partial charge in [-0.25, -0.2) is 4.39 Å². The first kappa shape index (κ1) is 15.0. The van der Waals surface area contributed by atoms with E-state index in [1.54, 1.807) is 12.1 Å². The van der Waals surface area contributed by atoms with Gasteiger partial charge in [-0.2, -0.15) is 0 Å². The number of hydrogen-bond acceptors (Lipinski definition) is 2. The molecule has 4 heteroatoms. The van der Waals surface area contributed by atoms with E-state index in [-0.39, 0.29) is 35.9 Å². The Bertz CT molecular complexity index is 472. The van der Waals surface area contributed by atoms with Gasteiger partial charge in [0, 0.05) is 6.04 Å². The van der Waals surface area contributed by atoms with Crippen molar-refractivity contribution in [1.82, 2.24) is 10.2 Å². The SMILES string of the molecule is CCC(C)N1C(=O)C(C(C)C)NC1c1ccc(F)cc1. The maximum absolute atomic E-state index is 13.1. The van der Waals surface area contributed by atoms with Gasteiger partial charge < -0.3 is 4.90 Å². The van der Waals surface area contributed by atoms with Crippen molar-refractivity contribution in [2.45, 2.75) is 52.4 Å². The summed E-state index contributed by atoms with van der Waals surface area (Å²) >= 11 is 0. The second-order valence-electron chi connectivity index (χ2n) is 5.85. The Hall–Kier alpha value is -1.42. The van der Waals surface area contributed by atoms with Crippen LogP contribution in [0.2, 0.25) is 0 Å². The van der Waals surface area contributed by atoms with Gasteiger partial charge in [-0.15, -0.1) is 0 Å². The molecule has 1 aliphatic rings. The number of hydrogen-bond donors (Lipinski definition) is 1. The van der Waals surface area contributed by atoms with Crippen molar-refractivity contribution in [3.05, 3.63) is 35.6 Å². The summed E-state index contributed by atoms with van der Waals surface area (Å²) < 4.78 is 13.1. The smallest absolute Gasteiger partial charge is 0.241 e. The molecule has 1 saturated heterocycles. The van der Waals surface area contributed by atoms with Crippen LogP contribution in [-0.4, -0.2) is 22.9 Å². The lowest BCUT2D eigenvalue weighted by Gasteiger charge is -2.30. The molecule has 1 amide bonds. The highest BCUT2D eigenvalue weighted by atomic mass is 19.1. The average molecular weight is 278 g/mol. The van der Waals surface area contributed by atoms with Crippen molar-refractivity contribution >= 4 is 5.91 Å². The highest BCUT2D eigenvalue weighted by Crippen LogP contribution is 2.30. The van der Waals surface area contributed by atoms with Gasteiger partial charge in [0.25, 0.3) is 0 Å². The summed E-state index contributed by atoms with van der Waals surface area (Å²) in [6.07, 6.45) is 0.737. The monoisotopic (exact) mass is 278 g/mol. The Labute approximate surface area is 120 Å². The zero-order valence-electron chi connectivity index (χ0n) is 12.6. The van der Waals surface area contributed by atoms with Gasteiger partial charge in [0.2, 0.25) is 5.91 Å². The Morgan fingerprint density at radius 1 is 1.25 bits per heavy atom. The summed E-state index contributed by atoms with van der Waals surface area (Å²) in [5.41, 5.74) is 0.934. The molecule has 0 radical (unpaired) electrons. The minimum atomic E-state index is -0.256. The van der Waals surface area contributed by atoms with Crippen LogP contribution in [-0.2, 0) is 4.79 Å². The van der Waals surface area contributed by atoms with Crippen LogP contribution in [0.4, 0.5) is 4.39 Å². The van der Waals surface area contributed by atoms with E-state index in [1.807, 2.05) is 18.7 Å². The fraction of sp³-hybridized carbons (Fsp3) is 0.562. The molecule has 0 bridgehead atoms. The summed E-state index contributed by atoms with van der Waals surface area (Å²) in [4.78, 5) is 14.5. The highest BCUT2D eigenvalue weighted by Gasteiger charge is 2.42. The second-order valence-corrected chi connectivity index (χ2v) is 5.85. The van der Waals surface area contributed by atoms with Crippen LogP contribution in [0.25, 0.3) is 0 Å². The van der Waals surface area contributed by atoms with Crippen LogP contribution >= 0.6 is 0 Å². The Morgan fingerprint density at radius 2 is 1.85 bits per heavy atom. The van der Waals surface area contributed by atoms with E-state index in [2.05, 4.69) is 19.2 Å². The van der Waals surface area contributed by atoms with Crippen molar-refractivity contribution in [3.8, 4) is 0 Å². The van der Waals surface area contributed by atoms with Crippen LogP contribution in [0, 0.1) is 11.7 Å². The van der Waals surface area contributed by atoms with Gasteiger partial charge in [0.05, 0.1) is 6.04 Å². The molecule has 1 aromatic rings. The molecule has 3 atom stereocenters. The summed E-state index contributed by atoms with van der Waals surface area (Å²) in [5.74, 6) is 0.122. The Balaban J connectivity index is 2.33. The minimum absolute atomic E-state index is 0.142. The first-order chi connectivity index (χ1) is 9.45. The number of carbonyl (C=O) groups is 1. The van der Waals surface area contributed by atoms with Gasteiger partial charge in [-0.05, 0) is 37.0 Å². The molecule has 0 aromatic heterocycles. The lowest BCUT2D eigenvalue weighted by molar-refractivity contribution is -0.132. The first-order valence-corrected chi connectivity index (χ1v) is 7.29. The maximum Gasteiger partial charge on any atom is 0.241 e. The number of amides is 1. The maximum atomic E-state index is 13.1. The molecule has 0 saturated carbocycles. The third kappa shape index (κ3) is 2.70. The number of carbonyl (C=O) groups excluding carboxylic acids is 1. The molecule has 1 fully saturated rings. The molecule has 1 heterocycles. The Morgan fingerprint density at radius 3 is 2.35 bits per heavy atom. The summed E-state index contributed by atoms with van der Waals surface area (Å²) in [5, 5.41) is 3.40. The fourth-order valence-electron chi connectivity index (χ4n) is 2.66. The quantitative estimate of drug-likeness (QED) is 0.918. The van der Waals surface area contributed by atoms with E-state index in [4.69, 9.17) is 0 Å². The molecule has 1 aromatic carbocycles. The van der Waals surface area contributed by atoms with Crippen LogP contribution in [0.15, 0.2) is 24.3 Å². The van der Waals surface area contributed by atoms with Crippen LogP contribution in [0.5, 0.6) is 0 Å². The van der Waals surface area contributed by atoms with E-state index in [0.29, 0.717) is 0 Å². The molecular weight excluding hydrogens is 255 g/mol. The first-order valence-electron chi connectivity index (χ1n) is 7.29. The van der Waals surface area contributed by atoms with E-state index < -0.39 is 0 Å².